The molecule has 0 unspecified atom stereocenters. The molecule has 3 rings (SSSR count). The van der Waals surface area contributed by atoms with Crippen LogP contribution in [0.4, 0.5) is 0 Å². The predicted molar refractivity (Wildman–Crippen MR) is 110 cm³/mol. The van der Waals surface area contributed by atoms with Crippen molar-refractivity contribution < 1.29 is 9.47 Å². The van der Waals surface area contributed by atoms with Gasteiger partial charge < -0.3 is 9.47 Å². The highest BCUT2D eigenvalue weighted by Crippen LogP contribution is 2.30. The molecule has 0 saturated carbocycles. The first kappa shape index (κ1) is 20.1. The fourth-order valence-corrected chi connectivity index (χ4v) is 3.85. The highest BCUT2D eigenvalue weighted by Gasteiger charge is 2.39. The SMILES string of the molecule is CC(C)C[C@@H]([C@@H]1COC(C)(C)O1)N(Cc1ccccc1)Cc1ccccc1. The molecule has 0 spiro atoms. The predicted octanol–water partition coefficient (Wildman–Crippen LogP) is 5.26. The Hall–Kier alpha value is -1.68. The van der Waals surface area contributed by atoms with Gasteiger partial charge in [-0.3, -0.25) is 4.90 Å². The summed E-state index contributed by atoms with van der Waals surface area (Å²) in [7, 11) is 0. The number of nitrogens with zero attached hydrogens (tertiary/aromatic N) is 1. The van der Waals surface area contributed by atoms with Gasteiger partial charge in [-0.15, -0.1) is 0 Å². The third-order valence-electron chi connectivity index (χ3n) is 5.10. The topological polar surface area (TPSA) is 21.7 Å². The molecule has 0 N–H and O–H groups in total. The van der Waals surface area contributed by atoms with Crippen LogP contribution in [0.1, 0.15) is 45.2 Å². The molecular weight excluding hydrogens is 334 g/mol. The number of hydrogen-bond donors (Lipinski definition) is 0. The minimum atomic E-state index is -0.495. The molecule has 1 aliphatic heterocycles. The lowest BCUT2D eigenvalue weighted by Gasteiger charge is -2.36. The maximum Gasteiger partial charge on any atom is 0.163 e. The summed E-state index contributed by atoms with van der Waals surface area (Å²) in [5.74, 6) is 0.0989. The van der Waals surface area contributed by atoms with Crippen molar-refractivity contribution >= 4 is 0 Å². The number of rotatable bonds is 8. The zero-order chi connectivity index (χ0) is 19.3. The van der Waals surface area contributed by atoms with Crippen molar-refractivity contribution in [2.75, 3.05) is 6.61 Å². The monoisotopic (exact) mass is 367 g/mol. The first-order chi connectivity index (χ1) is 12.9. The fraction of sp³-hybridized carbons (Fsp3) is 0.500. The first-order valence-corrected chi connectivity index (χ1v) is 10.1. The van der Waals surface area contributed by atoms with Crippen molar-refractivity contribution in [3.8, 4) is 0 Å². The average molecular weight is 368 g/mol. The smallest absolute Gasteiger partial charge is 0.163 e. The molecule has 2 aromatic carbocycles. The van der Waals surface area contributed by atoms with Gasteiger partial charge in [0.15, 0.2) is 5.79 Å². The summed E-state index contributed by atoms with van der Waals surface area (Å²) in [6, 6.07) is 21.8. The summed E-state index contributed by atoms with van der Waals surface area (Å²) in [5.41, 5.74) is 2.67. The summed E-state index contributed by atoms with van der Waals surface area (Å²) in [5, 5.41) is 0. The van der Waals surface area contributed by atoms with E-state index in [9.17, 15) is 0 Å². The van der Waals surface area contributed by atoms with Gasteiger partial charge in [-0.2, -0.15) is 0 Å². The van der Waals surface area contributed by atoms with Crippen LogP contribution in [0.2, 0.25) is 0 Å². The van der Waals surface area contributed by atoms with E-state index in [1.54, 1.807) is 0 Å². The van der Waals surface area contributed by atoms with Crippen LogP contribution in [0.3, 0.4) is 0 Å². The summed E-state index contributed by atoms with van der Waals surface area (Å²) < 4.78 is 12.2. The molecular formula is C24H33NO2. The van der Waals surface area contributed by atoms with E-state index in [4.69, 9.17) is 9.47 Å². The fourth-order valence-electron chi connectivity index (χ4n) is 3.85. The Morgan fingerprint density at radius 1 is 0.926 bits per heavy atom. The van der Waals surface area contributed by atoms with Gasteiger partial charge in [-0.1, -0.05) is 74.5 Å². The standard InChI is InChI=1S/C24H33NO2/c1-19(2)15-22(23-18-26-24(3,4)27-23)25(16-20-11-7-5-8-12-20)17-21-13-9-6-10-14-21/h5-14,19,22-23H,15-18H2,1-4H3/t22-,23-/m0/s1. The van der Waals surface area contributed by atoms with Crippen LogP contribution in [0.15, 0.2) is 60.7 Å². The Bertz CT molecular complexity index is 643. The van der Waals surface area contributed by atoms with Gasteiger partial charge in [0.25, 0.3) is 0 Å². The van der Waals surface area contributed by atoms with Crippen molar-refractivity contribution in [1.29, 1.82) is 0 Å². The van der Waals surface area contributed by atoms with Crippen LogP contribution in [0.5, 0.6) is 0 Å². The second kappa shape index (κ2) is 9.01. The van der Waals surface area contributed by atoms with E-state index in [2.05, 4.69) is 79.4 Å². The molecule has 0 radical (unpaired) electrons. The van der Waals surface area contributed by atoms with Crippen LogP contribution >= 0.6 is 0 Å². The molecule has 1 saturated heterocycles. The van der Waals surface area contributed by atoms with E-state index in [1.165, 1.54) is 11.1 Å². The molecule has 146 valence electrons. The Labute approximate surface area is 164 Å². The van der Waals surface area contributed by atoms with Gasteiger partial charge in [0.1, 0.15) is 0 Å². The Balaban J connectivity index is 1.86. The first-order valence-electron chi connectivity index (χ1n) is 10.1. The van der Waals surface area contributed by atoms with Gasteiger partial charge in [0.05, 0.1) is 12.7 Å². The van der Waals surface area contributed by atoms with Crippen LogP contribution in [0, 0.1) is 5.92 Å². The highest BCUT2D eigenvalue weighted by molar-refractivity contribution is 5.17. The van der Waals surface area contributed by atoms with Gasteiger partial charge in [0.2, 0.25) is 0 Å². The van der Waals surface area contributed by atoms with Gasteiger partial charge in [-0.05, 0) is 37.3 Å². The Kier molecular flexibility index (Phi) is 6.69. The van der Waals surface area contributed by atoms with Crippen molar-refractivity contribution in [3.63, 3.8) is 0 Å². The number of ether oxygens (including phenoxy) is 2. The molecule has 0 amide bonds. The van der Waals surface area contributed by atoms with Crippen LogP contribution < -0.4 is 0 Å². The summed E-state index contributed by atoms with van der Waals surface area (Å²) in [4.78, 5) is 2.57. The molecule has 3 nitrogen and oxygen atoms in total. The summed E-state index contributed by atoms with van der Waals surface area (Å²) >= 11 is 0. The van der Waals surface area contributed by atoms with Crippen LogP contribution in [-0.4, -0.2) is 29.4 Å². The lowest BCUT2D eigenvalue weighted by Crippen LogP contribution is -2.45. The minimum absolute atomic E-state index is 0.0924. The maximum atomic E-state index is 6.30. The lowest BCUT2D eigenvalue weighted by atomic mass is 9.96. The normalized spacial score (nSPS) is 20.3. The Morgan fingerprint density at radius 2 is 1.44 bits per heavy atom. The lowest BCUT2D eigenvalue weighted by molar-refractivity contribution is -0.148. The maximum absolute atomic E-state index is 6.30. The van der Waals surface area contributed by atoms with Gasteiger partial charge >= 0.3 is 0 Å². The zero-order valence-corrected chi connectivity index (χ0v) is 17.1. The minimum Gasteiger partial charge on any atom is -0.348 e. The molecule has 3 heteroatoms. The second-order valence-electron chi connectivity index (χ2n) is 8.44. The highest BCUT2D eigenvalue weighted by atomic mass is 16.7. The number of benzene rings is 2. The van der Waals surface area contributed by atoms with Crippen molar-refractivity contribution in [1.82, 2.24) is 4.90 Å². The average Bonchev–Trinajstić information content (AvgIpc) is 3.00. The summed E-state index contributed by atoms with van der Waals surface area (Å²) in [6.07, 6.45) is 1.18. The molecule has 0 aromatic heterocycles. The molecule has 2 atom stereocenters. The molecule has 0 bridgehead atoms. The second-order valence-corrected chi connectivity index (χ2v) is 8.44. The quantitative estimate of drug-likeness (QED) is 0.636. The van der Waals surface area contributed by atoms with Crippen LogP contribution in [0.25, 0.3) is 0 Å². The molecule has 2 aromatic rings. The van der Waals surface area contributed by atoms with Crippen molar-refractivity contribution in [2.24, 2.45) is 5.92 Å². The third-order valence-corrected chi connectivity index (χ3v) is 5.10. The molecule has 27 heavy (non-hydrogen) atoms. The van der Waals surface area contributed by atoms with Crippen molar-refractivity contribution in [3.05, 3.63) is 71.8 Å². The molecule has 0 aliphatic carbocycles. The largest absolute Gasteiger partial charge is 0.348 e. The number of hydrogen-bond acceptors (Lipinski definition) is 3. The zero-order valence-electron chi connectivity index (χ0n) is 17.1. The van der Waals surface area contributed by atoms with E-state index in [-0.39, 0.29) is 6.10 Å². The van der Waals surface area contributed by atoms with E-state index in [1.807, 2.05) is 13.8 Å². The third kappa shape index (κ3) is 5.90. The van der Waals surface area contributed by atoms with E-state index < -0.39 is 5.79 Å². The summed E-state index contributed by atoms with van der Waals surface area (Å²) in [6.45, 7) is 11.1. The Morgan fingerprint density at radius 3 is 1.85 bits per heavy atom. The van der Waals surface area contributed by atoms with E-state index >= 15 is 0 Å². The van der Waals surface area contributed by atoms with Gasteiger partial charge in [-0.25, -0.2) is 0 Å². The van der Waals surface area contributed by atoms with E-state index in [0.717, 1.165) is 19.5 Å². The molecule has 1 fully saturated rings. The van der Waals surface area contributed by atoms with Gasteiger partial charge in [0, 0.05) is 19.1 Å². The molecule has 1 aliphatic rings. The van der Waals surface area contributed by atoms with E-state index in [0.29, 0.717) is 18.6 Å². The van der Waals surface area contributed by atoms with Crippen molar-refractivity contribution in [2.45, 2.75) is 65.1 Å². The van der Waals surface area contributed by atoms with Crippen LogP contribution in [-0.2, 0) is 22.6 Å². The molecule has 1 heterocycles.